The summed E-state index contributed by atoms with van der Waals surface area (Å²) in [5, 5.41) is 12.5. The molecule has 2 aromatic heterocycles. The Balaban J connectivity index is 2.20. The molecule has 2 rings (SSSR count). The molecule has 2 aromatic rings. The number of hydrogen-bond donors (Lipinski definition) is 1. The Bertz CT molecular complexity index is 512. The lowest BCUT2D eigenvalue weighted by Crippen LogP contribution is -2.05. The zero-order chi connectivity index (χ0) is 11.5. The van der Waals surface area contributed by atoms with Gasteiger partial charge in [0.1, 0.15) is 16.2 Å². The molecule has 4 nitrogen and oxygen atoms in total. The van der Waals surface area contributed by atoms with Gasteiger partial charge >= 0.3 is 5.97 Å². The minimum absolute atomic E-state index is 0.00972. The Hall–Kier alpha value is -1.14. The third-order valence-corrected chi connectivity index (χ3v) is 3.94. The first-order chi connectivity index (χ1) is 7.66. The van der Waals surface area contributed by atoms with Crippen molar-refractivity contribution >= 4 is 39.3 Å². The Morgan fingerprint density at radius 3 is 3.19 bits per heavy atom. The number of hydrogen-bond acceptors (Lipinski definition) is 5. The third kappa shape index (κ3) is 2.51. The van der Waals surface area contributed by atoms with Crippen molar-refractivity contribution in [2.75, 3.05) is 0 Å². The van der Waals surface area contributed by atoms with Gasteiger partial charge in [-0.15, -0.1) is 23.1 Å². The van der Waals surface area contributed by atoms with Gasteiger partial charge < -0.3 is 5.11 Å². The van der Waals surface area contributed by atoms with Crippen LogP contribution in [-0.2, 0) is 4.79 Å². The highest BCUT2D eigenvalue weighted by molar-refractivity contribution is 8.00. The molecule has 0 radical (unpaired) electrons. The minimum Gasteiger partial charge on any atom is -0.481 e. The van der Waals surface area contributed by atoms with Gasteiger partial charge in [0.05, 0.1) is 6.42 Å². The van der Waals surface area contributed by atoms with Crippen LogP contribution in [0.3, 0.4) is 0 Å². The van der Waals surface area contributed by atoms with E-state index in [1.54, 1.807) is 11.3 Å². The summed E-state index contributed by atoms with van der Waals surface area (Å²) in [6.45, 7) is 1.89. The molecule has 0 aliphatic rings. The van der Waals surface area contributed by atoms with E-state index in [9.17, 15) is 4.79 Å². The highest BCUT2D eigenvalue weighted by atomic mass is 32.2. The fraction of sp³-hybridized carbons (Fsp3) is 0.300. The van der Waals surface area contributed by atoms with E-state index in [1.807, 2.05) is 18.4 Å². The van der Waals surface area contributed by atoms with Gasteiger partial charge in [-0.2, -0.15) is 0 Å². The molecule has 0 saturated heterocycles. The second-order valence-electron chi connectivity index (χ2n) is 3.34. The molecule has 0 fully saturated rings. The van der Waals surface area contributed by atoms with Crippen molar-refractivity contribution in [3.8, 4) is 0 Å². The maximum atomic E-state index is 10.6. The monoisotopic (exact) mass is 254 g/mol. The number of thiophene rings is 1. The van der Waals surface area contributed by atoms with Crippen LogP contribution in [0.4, 0.5) is 0 Å². The maximum Gasteiger partial charge on any atom is 0.304 e. The Kier molecular flexibility index (Phi) is 3.40. The number of nitrogens with zero attached hydrogens (tertiary/aromatic N) is 2. The highest BCUT2D eigenvalue weighted by Gasteiger charge is 2.12. The Morgan fingerprint density at radius 1 is 1.62 bits per heavy atom. The topological polar surface area (TPSA) is 63.1 Å². The predicted octanol–water partition coefficient (Wildman–Crippen LogP) is 2.65. The Morgan fingerprint density at radius 2 is 2.44 bits per heavy atom. The van der Waals surface area contributed by atoms with Gasteiger partial charge in [0, 0.05) is 10.6 Å². The fourth-order valence-electron chi connectivity index (χ4n) is 1.34. The smallest absolute Gasteiger partial charge is 0.304 e. The minimum atomic E-state index is -0.782. The number of rotatable bonds is 4. The van der Waals surface area contributed by atoms with E-state index < -0.39 is 5.97 Å². The number of thioether (sulfide) groups is 1. The molecule has 84 valence electrons. The van der Waals surface area contributed by atoms with Gasteiger partial charge in [0.2, 0.25) is 0 Å². The molecule has 16 heavy (non-hydrogen) atoms. The van der Waals surface area contributed by atoms with E-state index in [-0.39, 0.29) is 11.7 Å². The Labute approximate surface area is 101 Å². The quantitative estimate of drug-likeness (QED) is 0.671. The molecule has 0 saturated carbocycles. The fourth-order valence-corrected chi connectivity index (χ4v) is 3.14. The number of carboxylic acids is 1. The molecule has 2 heterocycles. The first-order valence-corrected chi connectivity index (χ1v) is 6.49. The summed E-state index contributed by atoms with van der Waals surface area (Å²) >= 11 is 3.04. The van der Waals surface area contributed by atoms with E-state index in [2.05, 4.69) is 9.97 Å². The van der Waals surface area contributed by atoms with Crippen molar-refractivity contribution in [3.05, 3.63) is 17.8 Å². The molecule has 0 aliphatic carbocycles. The first kappa shape index (κ1) is 11.3. The zero-order valence-corrected chi connectivity index (χ0v) is 10.2. The lowest BCUT2D eigenvalue weighted by molar-refractivity contribution is -0.136. The van der Waals surface area contributed by atoms with Crippen LogP contribution in [0.1, 0.15) is 13.3 Å². The molecular formula is C10H10N2O2S2. The van der Waals surface area contributed by atoms with Gasteiger partial charge in [0.25, 0.3) is 0 Å². The molecule has 1 N–H and O–H groups in total. The van der Waals surface area contributed by atoms with Crippen LogP contribution in [0.25, 0.3) is 10.2 Å². The summed E-state index contributed by atoms with van der Waals surface area (Å²) in [6.07, 6.45) is 1.66. The van der Waals surface area contributed by atoms with Crippen LogP contribution >= 0.6 is 23.1 Å². The number of carbonyl (C=O) groups is 1. The van der Waals surface area contributed by atoms with Crippen molar-refractivity contribution in [2.45, 2.75) is 23.6 Å². The third-order valence-electron chi connectivity index (χ3n) is 2.00. The van der Waals surface area contributed by atoms with E-state index in [1.165, 1.54) is 18.1 Å². The van der Waals surface area contributed by atoms with Crippen LogP contribution in [-0.4, -0.2) is 26.3 Å². The van der Waals surface area contributed by atoms with Crippen LogP contribution in [0.15, 0.2) is 22.8 Å². The van der Waals surface area contributed by atoms with Crippen LogP contribution < -0.4 is 0 Å². The summed E-state index contributed by atoms with van der Waals surface area (Å²) in [5.74, 6) is -0.782. The molecule has 1 unspecified atom stereocenters. The van der Waals surface area contributed by atoms with Gasteiger partial charge in [-0.25, -0.2) is 9.97 Å². The second-order valence-corrected chi connectivity index (χ2v) is 5.67. The highest BCUT2D eigenvalue weighted by Crippen LogP contribution is 2.31. The summed E-state index contributed by atoms with van der Waals surface area (Å²) in [4.78, 5) is 19.9. The van der Waals surface area contributed by atoms with Crippen molar-refractivity contribution < 1.29 is 9.90 Å². The van der Waals surface area contributed by atoms with Crippen LogP contribution in [0, 0.1) is 0 Å². The number of carboxylic acid groups (broad SMARTS) is 1. The molecular weight excluding hydrogens is 244 g/mol. The molecule has 6 heteroatoms. The van der Waals surface area contributed by atoms with E-state index in [0.29, 0.717) is 0 Å². The molecule has 0 aliphatic heterocycles. The molecule has 0 spiro atoms. The maximum absolute atomic E-state index is 10.6. The average Bonchev–Trinajstić information content (AvgIpc) is 2.65. The van der Waals surface area contributed by atoms with Gasteiger partial charge in [-0.3, -0.25) is 4.79 Å². The van der Waals surface area contributed by atoms with Crippen LogP contribution in [0.5, 0.6) is 0 Å². The summed E-state index contributed by atoms with van der Waals surface area (Å²) in [5.41, 5.74) is 0. The standard InChI is InChI=1S/C10H10N2O2S2/c1-6(4-8(13)14)16-10-7-2-3-15-9(7)11-5-12-10/h2-3,5-6H,4H2,1H3,(H,13,14). The van der Waals surface area contributed by atoms with Crippen LogP contribution in [0.2, 0.25) is 0 Å². The second kappa shape index (κ2) is 4.80. The number of aliphatic carboxylic acids is 1. The summed E-state index contributed by atoms with van der Waals surface area (Å²) in [7, 11) is 0. The largest absolute Gasteiger partial charge is 0.481 e. The van der Waals surface area contributed by atoms with Crippen molar-refractivity contribution in [2.24, 2.45) is 0 Å². The number of aromatic nitrogens is 2. The molecule has 0 aromatic carbocycles. The normalized spacial score (nSPS) is 12.8. The van der Waals surface area contributed by atoms with E-state index >= 15 is 0 Å². The average molecular weight is 254 g/mol. The lowest BCUT2D eigenvalue weighted by Gasteiger charge is -2.07. The molecule has 0 bridgehead atoms. The predicted molar refractivity (Wildman–Crippen MR) is 65.0 cm³/mol. The zero-order valence-electron chi connectivity index (χ0n) is 8.58. The van der Waals surface area contributed by atoms with Gasteiger partial charge in [-0.1, -0.05) is 6.92 Å². The molecule has 0 amide bonds. The lowest BCUT2D eigenvalue weighted by atomic mass is 10.3. The number of fused-ring (bicyclic) bond motifs is 1. The van der Waals surface area contributed by atoms with Gasteiger partial charge in [-0.05, 0) is 11.4 Å². The SMILES string of the molecule is CC(CC(=O)O)Sc1ncnc2sccc12. The van der Waals surface area contributed by atoms with Crippen molar-refractivity contribution in [1.29, 1.82) is 0 Å². The van der Waals surface area contributed by atoms with Crippen molar-refractivity contribution in [1.82, 2.24) is 9.97 Å². The molecule has 1 atom stereocenters. The van der Waals surface area contributed by atoms with Gasteiger partial charge in [0.15, 0.2) is 0 Å². The summed E-state index contributed by atoms with van der Waals surface area (Å²) in [6, 6.07) is 1.97. The first-order valence-electron chi connectivity index (χ1n) is 4.73. The summed E-state index contributed by atoms with van der Waals surface area (Å²) < 4.78 is 0. The van der Waals surface area contributed by atoms with E-state index in [0.717, 1.165) is 15.2 Å². The van der Waals surface area contributed by atoms with Crippen molar-refractivity contribution in [3.63, 3.8) is 0 Å². The van der Waals surface area contributed by atoms with E-state index in [4.69, 9.17) is 5.11 Å².